The summed E-state index contributed by atoms with van der Waals surface area (Å²) in [4.78, 5) is 69.2. The van der Waals surface area contributed by atoms with Crippen LogP contribution >= 0.6 is 0 Å². The number of aromatic nitrogens is 2. The lowest BCUT2D eigenvalue weighted by Gasteiger charge is -2.28. The van der Waals surface area contributed by atoms with E-state index in [0.717, 1.165) is 0 Å². The number of nitrogens with two attached hydrogens (primary N) is 2. The van der Waals surface area contributed by atoms with Gasteiger partial charge in [0.15, 0.2) is 0 Å². The van der Waals surface area contributed by atoms with Crippen LogP contribution in [0, 0.1) is 5.92 Å². The van der Waals surface area contributed by atoms with Crippen LogP contribution in [0.1, 0.15) is 44.4 Å². The van der Waals surface area contributed by atoms with Crippen LogP contribution in [0.3, 0.4) is 0 Å². The van der Waals surface area contributed by atoms with Crippen molar-refractivity contribution in [2.45, 2.75) is 70.1 Å². The molecule has 0 bridgehead atoms. The lowest BCUT2D eigenvalue weighted by Crippen LogP contribution is -2.59. The third-order valence-electron chi connectivity index (χ3n) is 6.33. The van der Waals surface area contributed by atoms with Gasteiger partial charge in [-0.2, -0.15) is 0 Å². The summed E-state index contributed by atoms with van der Waals surface area (Å²) in [5, 5.41) is 17.3. The normalized spacial score (nSPS) is 14.7. The molecule has 0 fully saturated rings. The van der Waals surface area contributed by atoms with Gasteiger partial charge in [0, 0.05) is 31.2 Å². The Bertz CT molecular complexity index is 1110. The summed E-state index contributed by atoms with van der Waals surface area (Å²) < 4.78 is 0. The summed E-state index contributed by atoms with van der Waals surface area (Å²) in [6.45, 7) is 3.59. The van der Waals surface area contributed by atoms with E-state index in [1.54, 1.807) is 37.3 Å². The first kappa shape index (κ1) is 31.0. The van der Waals surface area contributed by atoms with Crippen LogP contribution in [0.4, 0.5) is 0 Å². The van der Waals surface area contributed by atoms with Gasteiger partial charge in [-0.25, -0.2) is 9.78 Å². The Balaban J connectivity index is 2.15. The van der Waals surface area contributed by atoms with E-state index in [-0.39, 0.29) is 31.6 Å². The molecule has 39 heavy (non-hydrogen) atoms. The molecule has 0 aliphatic carbocycles. The molecule has 5 atom stereocenters. The molecule has 1 aromatic heterocycles. The number of hydrogen-bond acceptors (Lipinski definition) is 7. The van der Waals surface area contributed by atoms with Crippen LogP contribution < -0.4 is 27.4 Å². The van der Waals surface area contributed by atoms with E-state index in [2.05, 4.69) is 25.9 Å². The number of imidazole rings is 1. The number of carboxylic acids is 1. The minimum Gasteiger partial charge on any atom is -0.480 e. The second-order valence-electron chi connectivity index (χ2n) is 9.41. The van der Waals surface area contributed by atoms with Gasteiger partial charge in [-0.05, 0) is 17.9 Å². The zero-order valence-electron chi connectivity index (χ0n) is 22.1. The van der Waals surface area contributed by atoms with Crippen LogP contribution in [-0.4, -0.2) is 68.8 Å². The zero-order valence-corrected chi connectivity index (χ0v) is 22.1. The smallest absolute Gasteiger partial charge is 0.326 e. The van der Waals surface area contributed by atoms with E-state index < -0.39 is 53.8 Å². The number of primary amides is 1. The number of rotatable bonds is 16. The summed E-state index contributed by atoms with van der Waals surface area (Å²) in [6.07, 6.45) is 3.30. The molecule has 0 saturated carbocycles. The molecule has 212 valence electrons. The van der Waals surface area contributed by atoms with E-state index in [4.69, 9.17) is 11.5 Å². The quantitative estimate of drug-likeness (QED) is 0.144. The highest BCUT2D eigenvalue weighted by atomic mass is 16.4. The molecule has 9 N–H and O–H groups in total. The molecule has 0 radical (unpaired) electrons. The molecule has 13 nitrogen and oxygen atoms in total. The minimum atomic E-state index is -1.28. The molecule has 2 aromatic rings. The Hall–Kier alpha value is -4.26. The van der Waals surface area contributed by atoms with E-state index in [1.165, 1.54) is 12.5 Å². The number of carbonyl (C=O) groups is 5. The monoisotopic (exact) mass is 543 g/mol. The van der Waals surface area contributed by atoms with Crippen LogP contribution in [0.15, 0.2) is 42.9 Å². The number of aromatic amines is 1. The van der Waals surface area contributed by atoms with Crippen molar-refractivity contribution in [2.24, 2.45) is 17.4 Å². The molecule has 0 spiro atoms. The molecule has 5 unspecified atom stereocenters. The summed E-state index contributed by atoms with van der Waals surface area (Å²) in [5.74, 6) is -4.33. The lowest BCUT2D eigenvalue weighted by atomic mass is 9.96. The first-order valence-corrected chi connectivity index (χ1v) is 12.7. The fourth-order valence-corrected chi connectivity index (χ4v) is 3.83. The van der Waals surface area contributed by atoms with E-state index >= 15 is 0 Å². The summed E-state index contributed by atoms with van der Waals surface area (Å²) >= 11 is 0. The molecule has 1 aromatic carbocycles. The largest absolute Gasteiger partial charge is 0.480 e. The predicted octanol–water partition coefficient (Wildman–Crippen LogP) is -0.627. The van der Waals surface area contributed by atoms with Gasteiger partial charge in [0.1, 0.15) is 18.1 Å². The van der Waals surface area contributed by atoms with E-state index in [9.17, 15) is 29.1 Å². The van der Waals surface area contributed by atoms with Crippen molar-refractivity contribution < 1.29 is 29.1 Å². The van der Waals surface area contributed by atoms with Gasteiger partial charge in [0.05, 0.1) is 12.4 Å². The van der Waals surface area contributed by atoms with Crippen LogP contribution in [0.25, 0.3) is 0 Å². The third kappa shape index (κ3) is 10.2. The van der Waals surface area contributed by atoms with Gasteiger partial charge in [-0.15, -0.1) is 0 Å². The molecule has 4 amide bonds. The van der Waals surface area contributed by atoms with Crippen molar-refractivity contribution in [1.82, 2.24) is 25.9 Å². The maximum absolute atomic E-state index is 13.3. The van der Waals surface area contributed by atoms with Crippen molar-refractivity contribution in [3.05, 3.63) is 54.1 Å². The highest BCUT2D eigenvalue weighted by Gasteiger charge is 2.32. The average Bonchev–Trinajstić information content (AvgIpc) is 3.41. The number of hydrogen-bond donors (Lipinski definition) is 7. The number of carbonyl (C=O) groups excluding carboxylic acids is 4. The Labute approximate surface area is 226 Å². The number of benzene rings is 1. The Morgan fingerprint density at radius 3 is 2.21 bits per heavy atom. The number of aliphatic carboxylic acids is 1. The van der Waals surface area contributed by atoms with Gasteiger partial charge < -0.3 is 37.5 Å². The second-order valence-corrected chi connectivity index (χ2v) is 9.41. The molecule has 1 heterocycles. The number of H-pyrrole nitrogens is 1. The first-order valence-electron chi connectivity index (χ1n) is 12.7. The minimum absolute atomic E-state index is 0.0121. The number of nitrogens with one attached hydrogen (secondary N) is 4. The Kier molecular flexibility index (Phi) is 12.1. The fraction of sp³-hybridized carbons (Fsp3) is 0.462. The maximum Gasteiger partial charge on any atom is 0.326 e. The number of amides is 4. The topological polar surface area (TPSA) is 222 Å². The molecule has 13 heteroatoms. The second kappa shape index (κ2) is 15.2. The van der Waals surface area contributed by atoms with Crippen molar-refractivity contribution in [3.8, 4) is 0 Å². The predicted molar refractivity (Wildman–Crippen MR) is 142 cm³/mol. The molecule has 0 aliphatic rings. The van der Waals surface area contributed by atoms with Crippen molar-refractivity contribution in [1.29, 1.82) is 0 Å². The van der Waals surface area contributed by atoms with Gasteiger partial charge in [0.25, 0.3) is 0 Å². The summed E-state index contributed by atoms with van der Waals surface area (Å²) in [7, 11) is 0. The van der Waals surface area contributed by atoms with Crippen molar-refractivity contribution in [3.63, 3.8) is 0 Å². The number of carboxylic acid groups (broad SMARTS) is 1. The van der Waals surface area contributed by atoms with Gasteiger partial charge in [-0.1, -0.05) is 50.6 Å². The van der Waals surface area contributed by atoms with E-state index in [1.807, 2.05) is 6.92 Å². The summed E-state index contributed by atoms with van der Waals surface area (Å²) in [5.41, 5.74) is 12.6. The van der Waals surface area contributed by atoms with Gasteiger partial charge >= 0.3 is 5.97 Å². The number of nitrogens with zero attached hydrogens (tertiary/aromatic N) is 1. The molecular weight excluding hydrogens is 506 g/mol. The Morgan fingerprint density at radius 2 is 1.64 bits per heavy atom. The Morgan fingerprint density at radius 1 is 0.974 bits per heavy atom. The van der Waals surface area contributed by atoms with Gasteiger partial charge in [0.2, 0.25) is 23.6 Å². The van der Waals surface area contributed by atoms with E-state index in [0.29, 0.717) is 17.7 Å². The highest BCUT2D eigenvalue weighted by Crippen LogP contribution is 2.11. The fourth-order valence-electron chi connectivity index (χ4n) is 3.83. The molecule has 0 aliphatic heterocycles. The SMILES string of the molecule is CCC(C)C(NC(=O)C(N)Cc1cnc[nH]1)C(=O)NC(CCC(N)=O)C(=O)NC(Cc1ccccc1)C(=O)O. The maximum atomic E-state index is 13.3. The third-order valence-corrected chi connectivity index (χ3v) is 6.33. The summed E-state index contributed by atoms with van der Waals surface area (Å²) in [6, 6.07) is 4.17. The van der Waals surface area contributed by atoms with Crippen molar-refractivity contribution in [2.75, 3.05) is 0 Å². The van der Waals surface area contributed by atoms with Crippen LogP contribution in [-0.2, 0) is 36.8 Å². The van der Waals surface area contributed by atoms with Crippen molar-refractivity contribution >= 4 is 29.6 Å². The van der Waals surface area contributed by atoms with Crippen LogP contribution in [0.2, 0.25) is 0 Å². The van der Waals surface area contributed by atoms with Gasteiger partial charge in [-0.3, -0.25) is 19.2 Å². The molecule has 2 rings (SSSR count). The molecular formula is C26H37N7O6. The lowest BCUT2D eigenvalue weighted by molar-refractivity contribution is -0.142. The molecule has 0 saturated heterocycles. The first-order chi connectivity index (χ1) is 18.5. The zero-order chi connectivity index (χ0) is 28.9. The average molecular weight is 544 g/mol. The standard InChI is InChI=1S/C26H37N7O6/c1-3-15(2)22(33-23(35)18(27)12-17-13-29-14-30-17)25(37)31-19(9-10-21(28)34)24(36)32-20(26(38)39)11-16-7-5-4-6-8-16/h4-8,13-15,18-20,22H,3,9-12,27H2,1-2H3,(H2,28,34)(H,29,30)(H,31,37)(H,32,36)(H,33,35)(H,38,39). The van der Waals surface area contributed by atoms with Crippen LogP contribution in [0.5, 0.6) is 0 Å². The highest BCUT2D eigenvalue weighted by molar-refractivity contribution is 5.94.